The number of piperidine rings is 1. The van der Waals surface area contributed by atoms with Crippen molar-refractivity contribution >= 4 is 5.97 Å². The van der Waals surface area contributed by atoms with Gasteiger partial charge in [-0.05, 0) is 58.9 Å². The molecule has 20 heavy (non-hydrogen) atoms. The van der Waals surface area contributed by atoms with E-state index in [0.717, 1.165) is 24.9 Å². The van der Waals surface area contributed by atoms with E-state index >= 15 is 0 Å². The van der Waals surface area contributed by atoms with Gasteiger partial charge in [0.25, 0.3) is 0 Å². The van der Waals surface area contributed by atoms with Crippen molar-refractivity contribution in [2.45, 2.75) is 71.0 Å². The van der Waals surface area contributed by atoms with Gasteiger partial charge in [-0.3, -0.25) is 9.69 Å². The highest BCUT2D eigenvalue weighted by Gasteiger charge is 2.43. The van der Waals surface area contributed by atoms with Crippen molar-refractivity contribution in [2.24, 2.45) is 5.92 Å². The number of nitrogens with one attached hydrogen (secondary N) is 1. The molecule has 116 valence electrons. The Morgan fingerprint density at radius 2 is 2.20 bits per heavy atom. The van der Waals surface area contributed by atoms with Gasteiger partial charge in [0.05, 0.1) is 6.61 Å². The van der Waals surface area contributed by atoms with Crippen LogP contribution in [0.5, 0.6) is 0 Å². The highest BCUT2D eigenvalue weighted by Crippen LogP contribution is 2.39. The number of fused-ring (bicyclic) bond motifs is 2. The van der Waals surface area contributed by atoms with Crippen molar-refractivity contribution < 1.29 is 9.53 Å². The second-order valence-corrected chi connectivity index (χ2v) is 6.67. The summed E-state index contributed by atoms with van der Waals surface area (Å²) in [6.45, 7) is 10.6. The quantitative estimate of drug-likeness (QED) is 0.727. The molecular weight excluding hydrogens is 252 g/mol. The first-order valence-electron chi connectivity index (χ1n) is 8.18. The molecule has 0 aromatic carbocycles. The second-order valence-electron chi connectivity index (χ2n) is 6.67. The summed E-state index contributed by atoms with van der Waals surface area (Å²) in [6.07, 6.45) is 4.92. The van der Waals surface area contributed by atoms with Crippen molar-refractivity contribution in [2.75, 3.05) is 19.7 Å². The Balaban J connectivity index is 1.98. The van der Waals surface area contributed by atoms with Crippen LogP contribution in [-0.4, -0.2) is 48.2 Å². The smallest absolute Gasteiger partial charge is 0.326 e. The number of carbonyl (C=O) groups excluding carboxylic acids is 1. The molecule has 1 N–H and O–H groups in total. The maximum absolute atomic E-state index is 12.3. The van der Waals surface area contributed by atoms with Gasteiger partial charge in [-0.2, -0.15) is 0 Å². The molecule has 4 heteroatoms. The van der Waals surface area contributed by atoms with Crippen LogP contribution in [0.4, 0.5) is 0 Å². The van der Waals surface area contributed by atoms with Crippen LogP contribution in [0.2, 0.25) is 0 Å². The van der Waals surface area contributed by atoms with Crippen molar-refractivity contribution in [3.8, 4) is 0 Å². The Morgan fingerprint density at radius 3 is 2.70 bits per heavy atom. The first-order chi connectivity index (χ1) is 9.50. The largest absolute Gasteiger partial charge is 0.465 e. The van der Waals surface area contributed by atoms with Crippen LogP contribution >= 0.6 is 0 Å². The molecule has 1 aliphatic carbocycles. The van der Waals surface area contributed by atoms with E-state index in [-0.39, 0.29) is 5.97 Å². The number of hydrogen-bond acceptors (Lipinski definition) is 4. The molecule has 2 bridgehead atoms. The van der Waals surface area contributed by atoms with E-state index in [1.807, 2.05) is 20.8 Å². The lowest BCUT2D eigenvalue weighted by atomic mass is 9.92. The molecule has 0 radical (unpaired) electrons. The molecule has 4 unspecified atom stereocenters. The molecule has 2 aliphatic rings. The maximum atomic E-state index is 12.3. The summed E-state index contributed by atoms with van der Waals surface area (Å²) in [4.78, 5) is 14.9. The zero-order valence-electron chi connectivity index (χ0n) is 13.4. The number of rotatable bonds is 7. The van der Waals surface area contributed by atoms with Crippen molar-refractivity contribution in [3.05, 3.63) is 0 Å². The predicted molar refractivity (Wildman–Crippen MR) is 80.6 cm³/mol. The number of nitrogens with zero attached hydrogens (tertiary/aromatic N) is 1. The van der Waals surface area contributed by atoms with Crippen LogP contribution in [0.15, 0.2) is 0 Å². The fourth-order valence-corrected chi connectivity index (χ4v) is 4.12. The van der Waals surface area contributed by atoms with Crippen LogP contribution in [0, 0.1) is 5.92 Å². The van der Waals surface area contributed by atoms with Gasteiger partial charge in [-0.1, -0.05) is 6.92 Å². The van der Waals surface area contributed by atoms with E-state index in [1.54, 1.807) is 0 Å². The molecule has 0 amide bonds. The van der Waals surface area contributed by atoms with Crippen LogP contribution in [0.25, 0.3) is 0 Å². The Morgan fingerprint density at radius 1 is 1.45 bits per heavy atom. The summed E-state index contributed by atoms with van der Waals surface area (Å²) in [5, 5.41) is 3.34. The van der Waals surface area contributed by atoms with Gasteiger partial charge in [0, 0.05) is 18.6 Å². The lowest BCUT2D eigenvalue weighted by Crippen LogP contribution is -2.55. The van der Waals surface area contributed by atoms with E-state index in [4.69, 9.17) is 4.74 Å². The van der Waals surface area contributed by atoms with Crippen molar-refractivity contribution in [3.63, 3.8) is 0 Å². The molecule has 0 aromatic rings. The molecule has 2 fully saturated rings. The molecule has 4 atom stereocenters. The number of hydrogen-bond donors (Lipinski definition) is 1. The van der Waals surface area contributed by atoms with Gasteiger partial charge < -0.3 is 10.1 Å². The number of esters is 1. The van der Waals surface area contributed by atoms with Gasteiger partial charge >= 0.3 is 5.97 Å². The molecule has 1 aliphatic heterocycles. The molecular formula is C16H30N2O2. The molecule has 2 rings (SSSR count). The van der Waals surface area contributed by atoms with E-state index in [2.05, 4.69) is 17.1 Å². The topological polar surface area (TPSA) is 41.6 Å². The van der Waals surface area contributed by atoms with Crippen molar-refractivity contribution in [1.82, 2.24) is 10.2 Å². The van der Waals surface area contributed by atoms with Gasteiger partial charge in [0.1, 0.15) is 5.54 Å². The average Bonchev–Trinajstić information content (AvgIpc) is 3.01. The summed E-state index contributed by atoms with van der Waals surface area (Å²) in [5.41, 5.74) is -0.563. The van der Waals surface area contributed by atoms with Crippen LogP contribution in [-0.2, 0) is 9.53 Å². The molecule has 4 nitrogen and oxygen atoms in total. The zero-order valence-corrected chi connectivity index (χ0v) is 13.4. The summed E-state index contributed by atoms with van der Waals surface area (Å²) in [6, 6.07) is 1.18. The van der Waals surface area contributed by atoms with Gasteiger partial charge in [0.2, 0.25) is 0 Å². The second kappa shape index (κ2) is 6.44. The first-order valence-corrected chi connectivity index (χ1v) is 8.18. The van der Waals surface area contributed by atoms with Crippen molar-refractivity contribution in [1.29, 1.82) is 0 Å². The Hall–Kier alpha value is -0.610. The van der Waals surface area contributed by atoms with E-state index < -0.39 is 5.54 Å². The fourth-order valence-electron chi connectivity index (χ4n) is 4.12. The fraction of sp³-hybridized carbons (Fsp3) is 0.938. The first kappa shape index (κ1) is 15.8. The van der Waals surface area contributed by atoms with Gasteiger partial charge in [-0.15, -0.1) is 0 Å². The maximum Gasteiger partial charge on any atom is 0.326 e. The minimum atomic E-state index is -0.563. The van der Waals surface area contributed by atoms with E-state index in [9.17, 15) is 4.79 Å². The number of carbonyl (C=O) groups is 1. The standard InChI is InChI=1S/C16H30N2O2/c1-5-17-16(4,15(19)20-6-2)10-12(3)18-11-13-7-8-14(18)9-13/h12-14,17H,5-11H2,1-4H3. The normalized spacial score (nSPS) is 30.2. The third-order valence-electron chi connectivity index (χ3n) is 5.01. The predicted octanol–water partition coefficient (Wildman–Crippen LogP) is 2.18. The number of likely N-dealkylation sites (N-methyl/N-ethyl adjacent to an activating group) is 1. The lowest BCUT2D eigenvalue weighted by molar-refractivity contribution is -0.151. The summed E-state index contributed by atoms with van der Waals surface area (Å²) < 4.78 is 5.27. The molecule has 1 saturated heterocycles. The van der Waals surface area contributed by atoms with Crippen LogP contribution in [0.1, 0.15) is 53.4 Å². The van der Waals surface area contributed by atoms with Crippen LogP contribution in [0.3, 0.4) is 0 Å². The summed E-state index contributed by atoms with van der Waals surface area (Å²) in [5.74, 6) is 0.786. The van der Waals surface area contributed by atoms with Gasteiger partial charge in [-0.25, -0.2) is 0 Å². The highest BCUT2D eigenvalue weighted by molar-refractivity contribution is 5.80. The Bertz CT molecular complexity index is 347. The lowest BCUT2D eigenvalue weighted by Gasteiger charge is -2.38. The molecule has 1 saturated carbocycles. The summed E-state index contributed by atoms with van der Waals surface area (Å²) >= 11 is 0. The molecule has 1 heterocycles. The minimum absolute atomic E-state index is 0.113. The third-order valence-corrected chi connectivity index (χ3v) is 5.01. The van der Waals surface area contributed by atoms with Gasteiger partial charge in [0.15, 0.2) is 0 Å². The highest BCUT2D eigenvalue weighted by atomic mass is 16.5. The Kier molecular flexibility index (Phi) is 5.08. The Labute approximate surface area is 123 Å². The average molecular weight is 282 g/mol. The SMILES string of the molecule is CCNC(C)(CC(C)N1CC2CCC1C2)C(=O)OCC. The van der Waals surface area contributed by atoms with E-state index in [0.29, 0.717) is 12.6 Å². The van der Waals surface area contributed by atoms with E-state index in [1.165, 1.54) is 25.8 Å². The number of likely N-dealkylation sites (tertiary alicyclic amines) is 1. The third kappa shape index (κ3) is 3.17. The molecule has 0 spiro atoms. The monoisotopic (exact) mass is 282 g/mol. The summed E-state index contributed by atoms with van der Waals surface area (Å²) in [7, 11) is 0. The van der Waals surface area contributed by atoms with Crippen LogP contribution < -0.4 is 5.32 Å². The minimum Gasteiger partial charge on any atom is -0.465 e. The molecule has 0 aromatic heterocycles. The zero-order chi connectivity index (χ0) is 14.8. The number of ether oxygens (including phenoxy) is 1.